The van der Waals surface area contributed by atoms with Gasteiger partial charge < -0.3 is 9.88 Å². The Morgan fingerprint density at radius 1 is 1.23 bits per heavy atom. The Balaban J connectivity index is 1.54. The number of aromatic nitrogens is 3. The van der Waals surface area contributed by atoms with Crippen LogP contribution in [0.2, 0.25) is 0 Å². The molecule has 1 amide bonds. The molecule has 0 unspecified atom stereocenters. The van der Waals surface area contributed by atoms with Gasteiger partial charge in [-0.25, -0.2) is 0 Å². The van der Waals surface area contributed by atoms with E-state index in [1.807, 2.05) is 10.6 Å². The third kappa shape index (κ3) is 5.03. The second-order valence-electron chi connectivity index (χ2n) is 5.61. The number of nitrogens with zero attached hydrogens (tertiary/aromatic N) is 3. The van der Waals surface area contributed by atoms with Crippen molar-refractivity contribution >= 4 is 40.5 Å². The monoisotopic (exact) mass is 386 g/mol. The van der Waals surface area contributed by atoms with Gasteiger partial charge in [0.2, 0.25) is 5.91 Å². The minimum absolute atomic E-state index is 0.0113. The largest absolute Gasteiger partial charge is 0.326 e. The van der Waals surface area contributed by atoms with Gasteiger partial charge in [-0.05, 0) is 42.1 Å². The minimum Gasteiger partial charge on any atom is -0.326 e. The number of aryl methyl sites for hydroxylation is 2. The van der Waals surface area contributed by atoms with Crippen LogP contribution >= 0.6 is 23.1 Å². The second kappa shape index (κ2) is 8.77. The number of rotatable bonds is 8. The number of benzene rings is 1. The maximum atomic E-state index is 12.4. The number of carbonyl (C=O) groups excluding carboxylic acids is 2. The SMILES string of the molecule is CC(=O)Nc1ccc(C(=O)CSc2nncn2CCc2cccs2)cc1. The van der Waals surface area contributed by atoms with Crippen LogP contribution < -0.4 is 5.32 Å². The lowest BCUT2D eigenvalue weighted by molar-refractivity contribution is -0.114. The van der Waals surface area contributed by atoms with E-state index in [4.69, 9.17) is 0 Å². The van der Waals surface area contributed by atoms with Crippen molar-refractivity contribution in [2.75, 3.05) is 11.1 Å². The summed E-state index contributed by atoms with van der Waals surface area (Å²) in [6.07, 6.45) is 2.62. The number of Topliss-reactive ketones (excluding diaryl/α,β-unsaturated/α-hetero) is 1. The van der Waals surface area contributed by atoms with E-state index < -0.39 is 0 Å². The first kappa shape index (κ1) is 18.3. The maximum Gasteiger partial charge on any atom is 0.221 e. The molecule has 134 valence electrons. The summed E-state index contributed by atoms with van der Waals surface area (Å²) in [5, 5.41) is 13.5. The average molecular weight is 387 g/mol. The summed E-state index contributed by atoms with van der Waals surface area (Å²) in [5.74, 6) is 0.163. The molecule has 0 aliphatic heterocycles. The van der Waals surface area contributed by atoms with E-state index in [9.17, 15) is 9.59 Å². The maximum absolute atomic E-state index is 12.4. The van der Waals surface area contributed by atoms with Crippen LogP contribution in [0.3, 0.4) is 0 Å². The molecule has 3 rings (SSSR count). The van der Waals surface area contributed by atoms with Crippen LogP contribution in [0.15, 0.2) is 53.3 Å². The van der Waals surface area contributed by atoms with Crippen molar-refractivity contribution in [3.05, 3.63) is 58.5 Å². The molecule has 3 aromatic rings. The highest BCUT2D eigenvalue weighted by atomic mass is 32.2. The summed E-state index contributed by atoms with van der Waals surface area (Å²) in [4.78, 5) is 24.7. The fourth-order valence-corrected chi connectivity index (χ4v) is 3.89. The van der Waals surface area contributed by atoms with Gasteiger partial charge in [-0.3, -0.25) is 9.59 Å². The van der Waals surface area contributed by atoms with E-state index in [0.29, 0.717) is 11.3 Å². The lowest BCUT2D eigenvalue weighted by Gasteiger charge is -2.06. The normalized spacial score (nSPS) is 10.7. The zero-order valence-electron chi connectivity index (χ0n) is 14.2. The van der Waals surface area contributed by atoms with Crippen molar-refractivity contribution in [2.24, 2.45) is 0 Å². The molecule has 26 heavy (non-hydrogen) atoms. The zero-order valence-corrected chi connectivity index (χ0v) is 15.8. The summed E-state index contributed by atoms with van der Waals surface area (Å²) in [6, 6.07) is 11.0. The van der Waals surface area contributed by atoms with Crippen LogP contribution in [0.1, 0.15) is 22.2 Å². The molecule has 1 aromatic carbocycles. The van der Waals surface area contributed by atoms with Crippen molar-refractivity contribution in [1.29, 1.82) is 0 Å². The number of thiophene rings is 1. The van der Waals surface area contributed by atoms with Gasteiger partial charge in [-0.1, -0.05) is 17.8 Å². The van der Waals surface area contributed by atoms with Gasteiger partial charge in [0.1, 0.15) is 6.33 Å². The molecule has 6 nitrogen and oxygen atoms in total. The minimum atomic E-state index is -0.137. The first-order valence-corrected chi connectivity index (χ1v) is 9.92. The Labute approximate surface area is 159 Å². The van der Waals surface area contributed by atoms with Gasteiger partial charge >= 0.3 is 0 Å². The van der Waals surface area contributed by atoms with Gasteiger partial charge in [0, 0.05) is 29.6 Å². The molecule has 1 N–H and O–H groups in total. The van der Waals surface area contributed by atoms with Crippen molar-refractivity contribution in [2.45, 2.75) is 25.0 Å². The zero-order chi connectivity index (χ0) is 18.4. The molecule has 2 heterocycles. The van der Waals surface area contributed by atoms with Gasteiger partial charge in [-0.2, -0.15) is 0 Å². The number of hydrogen-bond donors (Lipinski definition) is 1. The number of nitrogens with one attached hydrogen (secondary N) is 1. The highest BCUT2D eigenvalue weighted by molar-refractivity contribution is 7.99. The lowest BCUT2D eigenvalue weighted by Crippen LogP contribution is -2.07. The van der Waals surface area contributed by atoms with Gasteiger partial charge in [0.05, 0.1) is 5.75 Å². The van der Waals surface area contributed by atoms with Crippen LogP contribution in [0.4, 0.5) is 5.69 Å². The van der Waals surface area contributed by atoms with Crippen molar-refractivity contribution in [3.8, 4) is 0 Å². The molecule has 0 bridgehead atoms. The Hall–Kier alpha value is -2.45. The highest BCUT2D eigenvalue weighted by Crippen LogP contribution is 2.19. The molecular weight excluding hydrogens is 368 g/mol. The molecule has 8 heteroatoms. The molecule has 0 aliphatic rings. The van der Waals surface area contributed by atoms with Gasteiger partial charge in [0.15, 0.2) is 10.9 Å². The van der Waals surface area contributed by atoms with Crippen molar-refractivity contribution < 1.29 is 9.59 Å². The molecule has 0 aliphatic carbocycles. The topological polar surface area (TPSA) is 76.9 Å². The first-order chi connectivity index (χ1) is 12.6. The van der Waals surface area contributed by atoms with E-state index in [0.717, 1.165) is 18.1 Å². The van der Waals surface area contributed by atoms with Crippen LogP contribution in [0.5, 0.6) is 0 Å². The van der Waals surface area contributed by atoms with Crippen LogP contribution in [0, 0.1) is 0 Å². The van der Waals surface area contributed by atoms with E-state index >= 15 is 0 Å². The van der Waals surface area contributed by atoms with Crippen LogP contribution in [-0.2, 0) is 17.8 Å². The summed E-state index contributed by atoms with van der Waals surface area (Å²) in [7, 11) is 0. The van der Waals surface area contributed by atoms with E-state index in [-0.39, 0.29) is 17.4 Å². The summed E-state index contributed by atoms with van der Waals surface area (Å²) >= 11 is 3.11. The van der Waals surface area contributed by atoms with E-state index in [1.54, 1.807) is 41.9 Å². The predicted octanol–water partition coefficient (Wildman–Crippen LogP) is 3.52. The highest BCUT2D eigenvalue weighted by Gasteiger charge is 2.11. The predicted molar refractivity (Wildman–Crippen MR) is 104 cm³/mol. The Kier molecular flexibility index (Phi) is 6.19. The first-order valence-electron chi connectivity index (χ1n) is 8.05. The van der Waals surface area contributed by atoms with Crippen LogP contribution in [-0.4, -0.2) is 32.2 Å². The molecule has 0 radical (unpaired) electrons. The number of carbonyl (C=O) groups is 2. The number of hydrogen-bond acceptors (Lipinski definition) is 6. The lowest BCUT2D eigenvalue weighted by atomic mass is 10.1. The molecule has 0 spiro atoms. The third-order valence-electron chi connectivity index (χ3n) is 3.62. The number of amides is 1. The quantitative estimate of drug-likeness (QED) is 0.473. The number of thioether (sulfide) groups is 1. The molecule has 0 atom stereocenters. The number of anilines is 1. The van der Waals surface area contributed by atoms with Gasteiger partial charge in [-0.15, -0.1) is 21.5 Å². The van der Waals surface area contributed by atoms with Crippen molar-refractivity contribution in [3.63, 3.8) is 0 Å². The Morgan fingerprint density at radius 2 is 2.04 bits per heavy atom. The third-order valence-corrected chi connectivity index (χ3v) is 5.54. The average Bonchev–Trinajstić information content (AvgIpc) is 3.29. The van der Waals surface area contributed by atoms with E-state index in [1.165, 1.54) is 23.6 Å². The van der Waals surface area contributed by atoms with E-state index in [2.05, 4.69) is 27.0 Å². The Bertz CT molecular complexity index is 873. The van der Waals surface area contributed by atoms with Crippen LogP contribution in [0.25, 0.3) is 0 Å². The molecule has 0 fully saturated rings. The fraction of sp³-hybridized carbons (Fsp3) is 0.222. The van der Waals surface area contributed by atoms with Gasteiger partial charge in [0.25, 0.3) is 0 Å². The standard InChI is InChI=1S/C18H18N4O2S2/c1-13(23)20-15-6-4-14(5-7-15)17(24)11-26-18-21-19-12-22(18)9-8-16-3-2-10-25-16/h2-7,10,12H,8-9,11H2,1H3,(H,20,23). The summed E-state index contributed by atoms with van der Waals surface area (Å²) in [6.45, 7) is 2.24. The summed E-state index contributed by atoms with van der Waals surface area (Å²) in [5.41, 5.74) is 1.28. The second-order valence-corrected chi connectivity index (χ2v) is 7.58. The molecule has 0 saturated heterocycles. The Morgan fingerprint density at radius 3 is 2.73 bits per heavy atom. The molecule has 2 aromatic heterocycles. The fourth-order valence-electron chi connectivity index (χ4n) is 2.35. The molecular formula is C18H18N4O2S2. The van der Waals surface area contributed by atoms with Crippen molar-refractivity contribution in [1.82, 2.24) is 14.8 Å². The number of ketones is 1. The smallest absolute Gasteiger partial charge is 0.221 e. The molecule has 0 saturated carbocycles. The summed E-state index contributed by atoms with van der Waals surface area (Å²) < 4.78 is 1.97.